The molecule has 0 saturated carbocycles. The maximum absolute atomic E-state index is 14.2. The van der Waals surface area contributed by atoms with Crippen LogP contribution in [-0.2, 0) is 16.0 Å². The molecule has 0 saturated heterocycles. The van der Waals surface area contributed by atoms with E-state index in [1.165, 1.54) is 31.3 Å². The van der Waals surface area contributed by atoms with Crippen LogP contribution in [0.15, 0.2) is 48.7 Å². The molecule has 2 aromatic carbocycles. The second-order valence-corrected chi connectivity index (χ2v) is 8.19. The number of H-pyrrole nitrogens is 1. The highest BCUT2D eigenvalue weighted by Gasteiger charge is 2.42. The molecule has 1 aromatic heterocycles. The SMILES string of the molecule is CC(CC(Cc1ccc(-c2cc(Cl)ccc2F)cc1)NC(=O)c1cn[nH]n1)(C(N)=O)C(=O)O. The Morgan fingerprint density at radius 3 is 2.52 bits per heavy atom. The van der Waals surface area contributed by atoms with Crippen molar-refractivity contribution in [3.8, 4) is 11.1 Å². The molecule has 0 radical (unpaired) electrons. The van der Waals surface area contributed by atoms with E-state index in [2.05, 4.69) is 20.7 Å². The lowest BCUT2D eigenvalue weighted by atomic mass is 9.81. The first kappa shape index (κ1) is 23.9. The quantitative estimate of drug-likeness (QED) is 0.350. The normalized spacial score (nSPS) is 13.7. The van der Waals surface area contributed by atoms with Crippen molar-refractivity contribution < 1.29 is 23.9 Å². The van der Waals surface area contributed by atoms with Gasteiger partial charge in [0, 0.05) is 16.6 Å². The van der Waals surface area contributed by atoms with E-state index in [0.717, 1.165) is 0 Å². The lowest BCUT2D eigenvalue weighted by molar-refractivity contribution is -0.154. The second-order valence-electron chi connectivity index (χ2n) is 7.76. The number of nitrogens with one attached hydrogen (secondary N) is 2. The van der Waals surface area contributed by atoms with E-state index < -0.39 is 35.1 Å². The number of halogens is 2. The number of aromatic nitrogens is 3. The maximum Gasteiger partial charge on any atom is 0.318 e. The average molecular weight is 474 g/mol. The van der Waals surface area contributed by atoms with E-state index in [-0.39, 0.29) is 18.5 Å². The van der Waals surface area contributed by atoms with Crippen LogP contribution in [0.1, 0.15) is 29.4 Å². The summed E-state index contributed by atoms with van der Waals surface area (Å²) < 4.78 is 14.2. The zero-order chi connectivity index (χ0) is 24.2. The molecule has 1 heterocycles. The first-order chi connectivity index (χ1) is 15.6. The van der Waals surface area contributed by atoms with E-state index >= 15 is 0 Å². The highest BCUT2D eigenvalue weighted by Crippen LogP contribution is 2.28. The minimum Gasteiger partial charge on any atom is -0.480 e. The van der Waals surface area contributed by atoms with Gasteiger partial charge in [-0.15, -0.1) is 0 Å². The summed E-state index contributed by atoms with van der Waals surface area (Å²) in [4.78, 5) is 36.1. The molecule has 0 aliphatic carbocycles. The monoisotopic (exact) mass is 473 g/mol. The van der Waals surface area contributed by atoms with Crippen LogP contribution in [0.25, 0.3) is 11.1 Å². The van der Waals surface area contributed by atoms with Crippen molar-refractivity contribution in [1.29, 1.82) is 0 Å². The van der Waals surface area contributed by atoms with E-state index in [0.29, 0.717) is 21.7 Å². The van der Waals surface area contributed by atoms with E-state index in [1.54, 1.807) is 24.3 Å². The summed E-state index contributed by atoms with van der Waals surface area (Å²) in [6.45, 7) is 1.21. The minimum atomic E-state index is -1.91. The Hall–Kier alpha value is -3.79. The molecule has 0 spiro atoms. The first-order valence-electron chi connectivity index (χ1n) is 9.84. The summed E-state index contributed by atoms with van der Waals surface area (Å²) in [6, 6.07) is 10.3. The van der Waals surface area contributed by atoms with Crippen molar-refractivity contribution in [3.63, 3.8) is 0 Å². The number of aromatic amines is 1. The van der Waals surface area contributed by atoms with Gasteiger partial charge in [0.1, 0.15) is 11.2 Å². The number of carbonyl (C=O) groups is 3. The lowest BCUT2D eigenvalue weighted by Crippen LogP contribution is -2.48. The smallest absolute Gasteiger partial charge is 0.318 e. The third-order valence-electron chi connectivity index (χ3n) is 5.33. The second kappa shape index (κ2) is 9.78. The predicted octanol–water partition coefficient (Wildman–Crippen LogP) is 2.57. The van der Waals surface area contributed by atoms with Crippen LogP contribution in [0.3, 0.4) is 0 Å². The van der Waals surface area contributed by atoms with Gasteiger partial charge in [-0.05, 0) is 49.1 Å². The van der Waals surface area contributed by atoms with E-state index in [1.807, 2.05) is 0 Å². The number of primary amides is 1. The number of amides is 2. The van der Waals surface area contributed by atoms with Crippen molar-refractivity contribution in [2.24, 2.45) is 11.1 Å². The number of hydrogen-bond acceptors (Lipinski definition) is 5. The number of carboxylic acids is 1. The van der Waals surface area contributed by atoms with Gasteiger partial charge >= 0.3 is 5.97 Å². The van der Waals surface area contributed by atoms with Gasteiger partial charge < -0.3 is 16.2 Å². The number of nitrogens with zero attached hydrogens (tertiary/aromatic N) is 2. The van der Waals surface area contributed by atoms with Crippen LogP contribution in [0.5, 0.6) is 0 Å². The number of hydrogen-bond donors (Lipinski definition) is 4. The Kier molecular flexibility index (Phi) is 7.07. The van der Waals surface area contributed by atoms with Gasteiger partial charge in [-0.25, -0.2) is 4.39 Å². The summed E-state index contributed by atoms with van der Waals surface area (Å²) >= 11 is 5.97. The zero-order valence-electron chi connectivity index (χ0n) is 17.5. The molecule has 172 valence electrons. The molecule has 9 nitrogen and oxygen atoms in total. The van der Waals surface area contributed by atoms with Gasteiger partial charge in [0.25, 0.3) is 5.91 Å². The topological polar surface area (TPSA) is 151 Å². The van der Waals surface area contributed by atoms with Crippen molar-refractivity contribution in [1.82, 2.24) is 20.7 Å². The van der Waals surface area contributed by atoms with Crippen LogP contribution in [0.2, 0.25) is 5.02 Å². The number of benzene rings is 2. The third kappa shape index (κ3) is 5.53. The van der Waals surface area contributed by atoms with Crippen LogP contribution >= 0.6 is 11.6 Å². The summed E-state index contributed by atoms with van der Waals surface area (Å²) in [5.74, 6) is -3.45. The molecule has 0 fully saturated rings. The predicted molar refractivity (Wildman–Crippen MR) is 118 cm³/mol. The number of carbonyl (C=O) groups excluding carboxylic acids is 2. The molecule has 5 N–H and O–H groups in total. The molecule has 33 heavy (non-hydrogen) atoms. The molecule has 0 aliphatic rings. The third-order valence-corrected chi connectivity index (χ3v) is 5.56. The average Bonchev–Trinajstić information content (AvgIpc) is 3.31. The van der Waals surface area contributed by atoms with E-state index in [9.17, 15) is 23.9 Å². The Labute approximate surface area is 193 Å². The van der Waals surface area contributed by atoms with Gasteiger partial charge in [-0.2, -0.15) is 15.4 Å². The number of rotatable bonds is 9. The van der Waals surface area contributed by atoms with Crippen LogP contribution < -0.4 is 11.1 Å². The molecule has 11 heteroatoms. The van der Waals surface area contributed by atoms with E-state index in [4.69, 9.17) is 17.3 Å². The summed E-state index contributed by atoms with van der Waals surface area (Å²) in [5, 5.41) is 22.2. The van der Waals surface area contributed by atoms with Gasteiger partial charge in [-0.1, -0.05) is 35.9 Å². The standard InChI is InChI=1S/C22H21ClFN5O4/c1-22(20(25)31,21(32)33)10-15(27-19(30)18-11-26-29-28-18)8-12-2-4-13(5-3-12)16-9-14(23)6-7-17(16)24/h2-7,9,11,15H,8,10H2,1H3,(H2,25,31)(H,27,30)(H,32,33)(H,26,28,29). The summed E-state index contributed by atoms with van der Waals surface area (Å²) in [6.07, 6.45) is 1.13. The summed E-state index contributed by atoms with van der Waals surface area (Å²) in [5.41, 5.74) is 5.07. The number of nitrogens with two attached hydrogens (primary N) is 1. The fourth-order valence-electron chi connectivity index (χ4n) is 3.35. The number of carboxylic acid groups (broad SMARTS) is 1. The highest BCUT2D eigenvalue weighted by molar-refractivity contribution is 6.30. The largest absolute Gasteiger partial charge is 0.480 e. The Morgan fingerprint density at radius 1 is 1.24 bits per heavy atom. The van der Waals surface area contributed by atoms with Crippen LogP contribution in [0, 0.1) is 11.2 Å². The maximum atomic E-state index is 14.2. The summed E-state index contributed by atoms with van der Waals surface area (Å²) in [7, 11) is 0. The molecule has 2 atom stereocenters. The lowest BCUT2D eigenvalue weighted by Gasteiger charge is -2.27. The van der Waals surface area contributed by atoms with Gasteiger partial charge in [-0.3, -0.25) is 14.4 Å². The Balaban J connectivity index is 1.85. The minimum absolute atomic E-state index is 0.00267. The Bertz CT molecular complexity index is 1150. The molecule has 0 bridgehead atoms. The highest BCUT2D eigenvalue weighted by atomic mass is 35.5. The molecule has 3 aromatic rings. The van der Waals surface area contributed by atoms with Crippen LogP contribution in [0.4, 0.5) is 4.39 Å². The molecule has 0 aliphatic heterocycles. The molecular weight excluding hydrogens is 453 g/mol. The van der Waals surface area contributed by atoms with Crippen molar-refractivity contribution in [2.75, 3.05) is 0 Å². The first-order valence-corrected chi connectivity index (χ1v) is 10.2. The van der Waals surface area contributed by atoms with Gasteiger partial charge in [0.2, 0.25) is 5.91 Å². The zero-order valence-corrected chi connectivity index (χ0v) is 18.3. The molecule has 2 amide bonds. The fourth-order valence-corrected chi connectivity index (χ4v) is 3.53. The van der Waals surface area contributed by atoms with Crippen LogP contribution in [-0.4, -0.2) is 44.3 Å². The van der Waals surface area contributed by atoms with Crippen molar-refractivity contribution >= 4 is 29.4 Å². The van der Waals surface area contributed by atoms with Crippen molar-refractivity contribution in [3.05, 3.63) is 70.8 Å². The van der Waals surface area contributed by atoms with Gasteiger partial charge in [0.05, 0.1) is 6.20 Å². The van der Waals surface area contributed by atoms with Gasteiger partial charge in [0.15, 0.2) is 5.69 Å². The molecule has 2 unspecified atom stereocenters. The molecule has 3 rings (SSSR count). The molecular formula is C22H21ClFN5O4. The Morgan fingerprint density at radius 2 is 1.94 bits per heavy atom. The van der Waals surface area contributed by atoms with Crippen molar-refractivity contribution in [2.45, 2.75) is 25.8 Å². The fraction of sp³-hybridized carbons (Fsp3) is 0.227. The number of aliphatic carboxylic acids is 1.